The van der Waals surface area contributed by atoms with Crippen molar-refractivity contribution in [3.05, 3.63) is 24.0 Å². The molecule has 0 radical (unpaired) electrons. The first kappa shape index (κ1) is 16.2. The van der Waals surface area contributed by atoms with Crippen LogP contribution in [0.3, 0.4) is 0 Å². The summed E-state index contributed by atoms with van der Waals surface area (Å²) in [6, 6.07) is 3.43. The lowest BCUT2D eigenvalue weighted by Gasteiger charge is -2.29. The van der Waals surface area contributed by atoms with Gasteiger partial charge in [-0.25, -0.2) is 4.79 Å². The van der Waals surface area contributed by atoms with Gasteiger partial charge < -0.3 is 15.2 Å². The Morgan fingerprint density at radius 1 is 1.50 bits per heavy atom. The fourth-order valence-electron chi connectivity index (χ4n) is 2.09. The Morgan fingerprint density at radius 2 is 2.23 bits per heavy atom. The average molecular weight is 306 g/mol. The second kappa shape index (κ2) is 5.92. The van der Waals surface area contributed by atoms with Crippen LogP contribution in [0.15, 0.2) is 23.3 Å². The summed E-state index contributed by atoms with van der Waals surface area (Å²) in [4.78, 5) is 20.6. The van der Waals surface area contributed by atoms with Crippen molar-refractivity contribution in [2.45, 2.75) is 38.8 Å². The van der Waals surface area contributed by atoms with Crippen molar-refractivity contribution in [2.24, 2.45) is 10.7 Å². The van der Waals surface area contributed by atoms with E-state index in [1.165, 1.54) is 0 Å². The Kier molecular flexibility index (Phi) is 4.37. The van der Waals surface area contributed by atoms with Crippen molar-refractivity contribution in [3.63, 3.8) is 0 Å². The van der Waals surface area contributed by atoms with Gasteiger partial charge >= 0.3 is 6.09 Å². The average Bonchev–Trinajstić information content (AvgIpc) is 2.36. The lowest BCUT2D eigenvalue weighted by Crippen LogP contribution is -2.38. The zero-order valence-corrected chi connectivity index (χ0v) is 13.3. The highest BCUT2D eigenvalue weighted by atomic mass is 16.6. The number of anilines is 1. The third-order valence-corrected chi connectivity index (χ3v) is 2.98. The number of carbonyl (C=O) groups excluding carboxylic acids is 1. The highest BCUT2D eigenvalue weighted by Crippen LogP contribution is 2.28. The van der Waals surface area contributed by atoms with E-state index >= 15 is 0 Å². The molecule has 0 aromatic carbocycles. The van der Waals surface area contributed by atoms with Crippen LogP contribution in [-0.2, 0) is 15.0 Å². The van der Waals surface area contributed by atoms with E-state index in [4.69, 9.17) is 15.2 Å². The van der Waals surface area contributed by atoms with Gasteiger partial charge in [0.1, 0.15) is 23.6 Å². The quantitative estimate of drug-likeness (QED) is 0.871. The first-order valence-electron chi connectivity index (χ1n) is 7.06. The zero-order valence-electron chi connectivity index (χ0n) is 13.3. The van der Waals surface area contributed by atoms with Crippen molar-refractivity contribution in [2.75, 3.05) is 18.5 Å². The van der Waals surface area contributed by atoms with Crippen LogP contribution in [0, 0.1) is 0 Å². The fourth-order valence-corrected chi connectivity index (χ4v) is 2.09. The number of hydrogen-bond donors (Lipinski definition) is 2. The van der Waals surface area contributed by atoms with E-state index < -0.39 is 17.2 Å². The summed E-state index contributed by atoms with van der Waals surface area (Å²) in [5, 5.41) is 2.68. The Balaban J connectivity index is 2.17. The molecule has 0 saturated carbocycles. The molecule has 3 N–H and O–H groups in total. The first-order chi connectivity index (χ1) is 10.2. The normalized spacial score (nSPS) is 21.9. The number of amidine groups is 1. The van der Waals surface area contributed by atoms with E-state index in [0.29, 0.717) is 30.4 Å². The van der Waals surface area contributed by atoms with Crippen molar-refractivity contribution >= 4 is 17.6 Å². The molecule has 1 amide bonds. The Bertz CT molecular complexity index is 595. The summed E-state index contributed by atoms with van der Waals surface area (Å²) < 4.78 is 10.7. The predicted molar refractivity (Wildman–Crippen MR) is 83.9 cm³/mol. The molecule has 2 rings (SSSR count). The van der Waals surface area contributed by atoms with Gasteiger partial charge in [-0.3, -0.25) is 15.3 Å². The van der Waals surface area contributed by atoms with E-state index in [0.717, 1.165) is 0 Å². The summed E-state index contributed by atoms with van der Waals surface area (Å²) in [5.41, 5.74) is 5.78. The number of hydrogen-bond acceptors (Lipinski definition) is 6. The maximum Gasteiger partial charge on any atom is 0.412 e. The molecule has 1 unspecified atom stereocenters. The van der Waals surface area contributed by atoms with E-state index in [9.17, 15) is 4.79 Å². The van der Waals surface area contributed by atoms with Crippen LogP contribution >= 0.6 is 0 Å². The number of carbonyl (C=O) groups is 1. The Morgan fingerprint density at radius 3 is 2.86 bits per heavy atom. The van der Waals surface area contributed by atoms with Crippen molar-refractivity contribution in [1.82, 2.24) is 4.98 Å². The van der Waals surface area contributed by atoms with Crippen LogP contribution in [0.5, 0.6) is 0 Å². The molecule has 1 aliphatic heterocycles. The minimum Gasteiger partial charge on any atom is -0.444 e. The number of nitrogens with zero attached hydrogens (tertiary/aromatic N) is 2. The third-order valence-electron chi connectivity index (χ3n) is 2.98. The van der Waals surface area contributed by atoms with E-state index in [-0.39, 0.29) is 0 Å². The molecule has 22 heavy (non-hydrogen) atoms. The maximum absolute atomic E-state index is 11.8. The van der Waals surface area contributed by atoms with Gasteiger partial charge in [-0.2, -0.15) is 0 Å². The molecule has 7 nitrogen and oxygen atoms in total. The molecular formula is C15H22N4O3. The number of amides is 1. The molecule has 1 aromatic rings. The van der Waals surface area contributed by atoms with Gasteiger partial charge in [-0.15, -0.1) is 0 Å². The molecule has 7 heteroatoms. The lowest BCUT2D eigenvalue weighted by atomic mass is 9.98. The number of ether oxygens (including phenoxy) is 2. The summed E-state index contributed by atoms with van der Waals surface area (Å²) in [5.74, 6) is 0.432. The number of nitrogens with one attached hydrogen (secondary N) is 1. The molecular weight excluding hydrogens is 284 g/mol. The van der Waals surface area contributed by atoms with Crippen LogP contribution < -0.4 is 11.1 Å². The third kappa shape index (κ3) is 4.17. The number of rotatable bonds is 2. The molecule has 1 aliphatic rings. The molecule has 2 heterocycles. The molecule has 1 atom stereocenters. The molecule has 1 aromatic heterocycles. The van der Waals surface area contributed by atoms with Crippen molar-refractivity contribution < 1.29 is 14.3 Å². The monoisotopic (exact) mass is 306 g/mol. The SMILES string of the molecule is CC(C)(C)OC(=O)Nc1ccnc(C2(C)COCC(N)=N2)c1. The molecule has 120 valence electrons. The summed E-state index contributed by atoms with van der Waals surface area (Å²) in [6.07, 6.45) is 1.09. The minimum atomic E-state index is -0.659. The number of nitrogens with two attached hydrogens (primary N) is 1. The zero-order chi connectivity index (χ0) is 16.4. The van der Waals surface area contributed by atoms with Gasteiger partial charge in [0.15, 0.2) is 0 Å². The van der Waals surface area contributed by atoms with Gasteiger partial charge in [-0.05, 0) is 39.8 Å². The topological polar surface area (TPSA) is 98.8 Å². The first-order valence-corrected chi connectivity index (χ1v) is 7.06. The summed E-state index contributed by atoms with van der Waals surface area (Å²) in [7, 11) is 0. The largest absolute Gasteiger partial charge is 0.444 e. The van der Waals surface area contributed by atoms with E-state index in [2.05, 4.69) is 15.3 Å². The predicted octanol–water partition coefficient (Wildman–Crippen LogP) is 2.03. The molecule has 0 aliphatic carbocycles. The van der Waals surface area contributed by atoms with Crippen LogP contribution in [0.2, 0.25) is 0 Å². The van der Waals surface area contributed by atoms with Gasteiger partial charge in [-0.1, -0.05) is 0 Å². The number of aliphatic imine (C=N–C) groups is 1. The number of aromatic nitrogens is 1. The smallest absolute Gasteiger partial charge is 0.412 e. The maximum atomic E-state index is 11.8. The Hall–Kier alpha value is -2.15. The molecule has 0 saturated heterocycles. The fraction of sp³-hybridized carbons (Fsp3) is 0.533. The van der Waals surface area contributed by atoms with E-state index in [1.807, 2.05) is 27.7 Å². The molecule has 0 fully saturated rings. The highest BCUT2D eigenvalue weighted by Gasteiger charge is 2.31. The van der Waals surface area contributed by atoms with Crippen LogP contribution in [-0.4, -0.2) is 35.7 Å². The molecule has 0 bridgehead atoms. The molecule has 0 spiro atoms. The second-order valence-electron chi connectivity index (χ2n) is 6.43. The van der Waals surface area contributed by atoms with E-state index in [1.54, 1.807) is 18.3 Å². The van der Waals surface area contributed by atoms with Crippen LogP contribution in [0.4, 0.5) is 10.5 Å². The summed E-state index contributed by atoms with van der Waals surface area (Å²) >= 11 is 0. The summed E-state index contributed by atoms with van der Waals surface area (Å²) in [6.45, 7) is 8.02. The van der Waals surface area contributed by atoms with Gasteiger partial charge in [0, 0.05) is 11.9 Å². The minimum absolute atomic E-state index is 0.325. The number of pyridine rings is 1. The van der Waals surface area contributed by atoms with Crippen molar-refractivity contribution in [3.8, 4) is 0 Å². The van der Waals surface area contributed by atoms with Gasteiger partial charge in [0.05, 0.1) is 12.3 Å². The lowest BCUT2D eigenvalue weighted by molar-refractivity contribution is 0.0636. The highest BCUT2D eigenvalue weighted by molar-refractivity contribution is 5.85. The van der Waals surface area contributed by atoms with Gasteiger partial charge in [0.25, 0.3) is 0 Å². The van der Waals surface area contributed by atoms with Crippen LogP contribution in [0.25, 0.3) is 0 Å². The van der Waals surface area contributed by atoms with Gasteiger partial charge in [0.2, 0.25) is 0 Å². The van der Waals surface area contributed by atoms with Crippen molar-refractivity contribution in [1.29, 1.82) is 0 Å². The van der Waals surface area contributed by atoms with Crippen LogP contribution in [0.1, 0.15) is 33.4 Å². The Labute approximate surface area is 129 Å². The standard InChI is InChI=1S/C15H22N4O3/c1-14(2,3)22-13(20)18-10-5-6-17-11(7-10)15(4)9-21-8-12(16)19-15/h5-7H,8-9H2,1-4H3,(H2,16,19)(H,17,18,20). The second-order valence-corrected chi connectivity index (χ2v) is 6.43.